The van der Waals surface area contributed by atoms with E-state index in [1.54, 1.807) is 18.6 Å². The largest absolute Gasteiger partial charge is 0.478 e. The van der Waals surface area contributed by atoms with Gasteiger partial charge in [0, 0.05) is 32.0 Å². The number of alkyl halides is 3. The molecular formula is C20H19F3N4O2. The summed E-state index contributed by atoms with van der Waals surface area (Å²) in [4.78, 5) is 21.4. The average molecular weight is 404 g/mol. The normalized spacial score (nSPS) is 11.8. The fourth-order valence-electron chi connectivity index (χ4n) is 2.84. The van der Waals surface area contributed by atoms with Gasteiger partial charge in [-0.3, -0.25) is 4.98 Å². The molecule has 29 heavy (non-hydrogen) atoms. The summed E-state index contributed by atoms with van der Waals surface area (Å²) in [6.07, 6.45) is 0.434. The molecule has 0 amide bonds. The van der Waals surface area contributed by atoms with Crippen LogP contribution in [0.25, 0.3) is 11.4 Å². The lowest BCUT2D eigenvalue weighted by molar-refractivity contribution is -0.137. The lowest BCUT2D eigenvalue weighted by Gasteiger charge is -2.17. The van der Waals surface area contributed by atoms with E-state index in [2.05, 4.69) is 9.97 Å². The molecule has 6 nitrogen and oxygen atoms in total. The highest BCUT2D eigenvalue weighted by Gasteiger charge is 2.30. The van der Waals surface area contributed by atoms with Crippen molar-refractivity contribution in [3.05, 3.63) is 71.8 Å². The molecule has 0 unspecified atom stereocenters. The summed E-state index contributed by atoms with van der Waals surface area (Å²) >= 11 is 0. The average Bonchev–Trinajstić information content (AvgIpc) is 3.15. The first-order chi connectivity index (χ1) is 13.7. The quantitative estimate of drug-likeness (QED) is 0.649. The number of hydrogen-bond acceptors (Lipinski definition) is 4. The summed E-state index contributed by atoms with van der Waals surface area (Å²) in [7, 11) is 1.83. The standard InChI is InChI=1S/C20H19F3N4O2/c1-26(11-14-3-2-4-16(9-14)20(21,22)23)7-8-27-12-18(25-13-27)17-10-15(19(28)29)5-6-24-17/h2-6,9-10,12-13H,7-8,11H2,1H3,(H,28,29). The first kappa shape index (κ1) is 20.5. The number of aromatic nitrogens is 3. The number of halogens is 3. The van der Waals surface area contributed by atoms with E-state index in [0.29, 0.717) is 36.6 Å². The summed E-state index contributed by atoms with van der Waals surface area (Å²) < 4.78 is 40.3. The monoisotopic (exact) mass is 404 g/mol. The predicted octanol–water partition coefficient (Wildman–Crippen LogP) is 3.79. The fraction of sp³-hybridized carbons (Fsp3) is 0.250. The van der Waals surface area contributed by atoms with Gasteiger partial charge in [0.1, 0.15) is 5.69 Å². The Labute approximate surface area is 165 Å². The van der Waals surface area contributed by atoms with E-state index < -0.39 is 17.7 Å². The van der Waals surface area contributed by atoms with Crippen molar-refractivity contribution in [3.8, 4) is 11.4 Å². The molecule has 2 heterocycles. The van der Waals surface area contributed by atoms with E-state index in [4.69, 9.17) is 5.11 Å². The molecule has 0 radical (unpaired) electrons. The maximum Gasteiger partial charge on any atom is 0.416 e. The van der Waals surface area contributed by atoms with Crippen LogP contribution in [0.1, 0.15) is 21.5 Å². The highest BCUT2D eigenvalue weighted by atomic mass is 19.4. The van der Waals surface area contributed by atoms with Crippen LogP contribution < -0.4 is 0 Å². The lowest BCUT2D eigenvalue weighted by Crippen LogP contribution is -2.22. The summed E-state index contributed by atoms with van der Waals surface area (Å²) in [5.41, 5.74) is 1.07. The van der Waals surface area contributed by atoms with Crippen molar-refractivity contribution >= 4 is 5.97 Å². The molecule has 0 aliphatic heterocycles. The van der Waals surface area contributed by atoms with E-state index in [0.717, 1.165) is 12.1 Å². The number of carboxylic acid groups (broad SMARTS) is 1. The number of nitrogens with zero attached hydrogens (tertiary/aromatic N) is 4. The van der Waals surface area contributed by atoms with E-state index in [-0.39, 0.29) is 5.56 Å². The number of imidazole rings is 1. The van der Waals surface area contributed by atoms with Crippen LogP contribution in [0.2, 0.25) is 0 Å². The van der Waals surface area contributed by atoms with Crippen LogP contribution >= 0.6 is 0 Å². The Morgan fingerprint density at radius 3 is 2.69 bits per heavy atom. The van der Waals surface area contributed by atoms with Gasteiger partial charge in [-0.2, -0.15) is 13.2 Å². The Hall–Kier alpha value is -3.20. The van der Waals surface area contributed by atoms with Gasteiger partial charge in [0.25, 0.3) is 0 Å². The molecule has 3 aromatic rings. The summed E-state index contributed by atoms with van der Waals surface area (Å²) in [6, 6.07) is 8.16. The molecule has 1 N–H and O–H groups in total. The molecule has 2 aromatic heterocycles. The highest BCUT2D eigenvalue weighted by molar-refractivity contribution is 5.88. The second-order valence-corrected chi connectivity index (χ2v) is 6.67. The molecule has 0 fully saturated rings. The van der Waals surface area contributed by atoms with E-state index in [1.165, 1.54) is 24.4 Å². The number of likely N-dealkylation sites (N-methyl/N-ethyl adjacent to an activating group) is 1. The van der Waals surface area contributed by atoms with Crippen LogP contribution in [-0.2, 0) is 19.3 Å². The third-order valence-electron chi connectivity index (χ3n) is 4.35. The Bertz CT molecular complexity index is 1000. The van der Waals surface area contributed by atoms with E-state index >= 15 is 0 Å². The fourth-order valence-corrected chi connectivity index (χ4v) is 2.84. The number of hydrogen-bond donors (Lipinski definition) is 1. The third kappa shape index (κ3) is 5.41. The lowest BCUT2D eigenvalue weighted by atomic mass is 10.1. The van der Waals surface area contributed by atoms with Crippen LogP contribution in [0.3, 0.4) is 0 Å². The number of carboxylic acids is 1. The van der Waals surface area contributed by atoms with Crippen LogP contribution in [0.15, 0.2) is 55.1 Å². The second-order valence-electron chi connectivity index (χ2n) is 6.67. The maximum atomic E-state index is 12.8. The van der Waals surface area contributed by atoms with Gasteiger partial charge in [-0.05, 0) is 30.8 Å². The minimum atomic E-state index is -4.35. The van der Waals surface area contributed by atoms with Crippen LogP contribution in [-0.4, -0.2) is 44.1 Å². The Morgan fingerprint density at radius 2 is 1.97 bits per heavy atom. The van der Waals surface area contributed by atoms with Crippen molar-refractivity contribution in [2.45, 2.75) is 19.3 Å². The zero-order valence-electron chi connectivity index (χ0n) is 15.6. The molecule has 0 atom stereocenters. The van der Waals surface area contributed by atoms with Gasteiger partial charge >= 0.3 is 12.1 Å². The number of benzene rings is 1. The predicted molar refractivity (Wildman–Crippen MR) is 100 cm³/mol. The Morgan fingerprint density at radius 1 is 1.17 bits per heavy atom. The van der Waals surface area contributed by atoms with Crippen molar-refractivity contribution in [2.75, 3.05) is 13.6 Å². The van der Waals surface area contributed by atoms with Crippen molar-refractivity contribution < 1.29 is 23.1 Å². The Balaban J connectivity index is 1.60. The van der Waals surface area contributed by atoms with E-state index in [9.17, 15) is 18.0 Å². The summed E-state index contributed by atoms with van der Waals surface area (Å²) in [5.74, 6) is -1.04. The van der Waals surface area contributed by atoms with Crippen LogP contribution in [0.5, 0.6) is 0 Å². The molecule has 0 spiro atoms. The molecule has 3 rings (SSSR count). The van der Waals surface area contributed by atoms with Gasteiger partial charge in [0.05, 0.1) is 23.1 Å². The maximum absolute atomic E-state index is 12.8. The minimum absolute atomic E-state index is 0.130. The highest BCUT2D eigenvalue weighted by Crippen LogP contribution is 2.29. The van der Waals surface area contributed by atoms with Gasteiger partial charge in [-0.15, -0.1) is 0 Å². The van der Waals surface area contributed by atoms with Crippen molar-refractivity contribution in [2.24, 2.45) is 0 Å². The number of carbonyl (C=O) groups is 1. The molecule has 9 heteroatoms. The molecule has 0 bridgehead atoms. The minimum Gasteiger partial charge on any atom is -0.478 e. The molecule has 0 aliphatic carbocycles. The molecule has 0 saturated carbocycles. The summed E-state index contributed by atoms with van der Waals surface area (Å²) in [5, 5.41) is 9.07. The number of aromatic carboxylic acids is 1. The molecular weight excluding hydrogens is 385 g/mol. The van der Waals surface area contributed by atoms with Gasteiger partial charge in [0.15, 0.2) is 0 Å². The molecule has 1 aromatic carbocycles. The first-order valence-electron chi connectivity index (χ1n) is 8.78. The number of rotatable bonds is 7. The topological polar surface area (TPSA) is 71.2 Å². The second kappa shape index (κ2) is 8.44. The van der Waals surface area contributed by atoms with Gasteiger partial charge in [-0.1, -0.05) is 18.2 Å². The molecule has 0 aliphatic rings. The van der Waals surface area contributed by atoms with Gasteiger partial charge in [-0.25, -0.2) is 9.78 Å². The molecule has 0 saturated heterocycles. The van der Waals surface area contributed by atoms with Crippen LogP contribution in [0.4, 0.5) is 13.2 Å². The van der Waals surface area contributed by atoms with Crippen LogP contribution in [0, 0.1) is 0 Å². The smallest absolute Gasteiger partial charge is 0.416 e. The summed E-state index contributed by atoms with van der Waals surface area (Å²) in [6.45, 7) is 1.55. The zero-order chi connectivity index (χ0) is 21.0. The van der Waals surface area contributed by atoms with Gasteiger partial charge < -0.3 is 14.6 Å². The van der Waals surface area contributed by atoms with Gasteiger partial charge in [0.2, 0.25) is 0 Å². The Kier molecular flexibility index (Phi) is 5.97. The zero-order valence-corrected chi connectivity index (χ0v) is 15.6. The van der Waals surface area contributed by atoms with Crippen molar-refractivity contribution in [3.63, 3.8) is 0 Å². The molecule has 152 valence electrons. The van der Waals surface area contributed by atoms with E-state index in [1.807, 2.05) is 16.5 Å². The SMILES string of the molecule is CN(CCn1cnc(-c2cc(C(=O)O)ccn2)c1)Cc1cccc(C(F)(F)F)c1. The van der Waals surface area contributed by atoms with Crippen molar-refractivity contribution in [1.82, 2.24) is 19.4 Å². The third-order valence-corrected chi connectivity index (χ3v) is 4.35. The van der Waals surface area contributed by atoms with Crippen molar-refractivity contribution in [1.29, 1.82) is 0 Å². The first-order valence-corrected chi connectivity index (χ1v) is 8.78. The number of pyridine rings is 1.